The number of halogens is 1. The van der Waals surface area contributed by atoms with Crippen molar-refractivity contribution < 1.29 is 19.4 Å². The number of thioether (sulfide) groups is 1. The predicted molar refractivity (Wildman–Crippen MR) is 53.5 cm³/mol. The van der Waals surface area contributed by atoms with Crippen molar-refractivity contribution in [2.75, 3.05) is 6.61 Å². The van der Waals surface area contributed by atoms with Crippen LogP contribution in [-0.2, 0) is 10.5 Å². The topological polar surface area (TPSA) is 70.7 Å². The minimum absolute atomic E-state index is 0.275. The highest BCUT2D eigenvalue weighted by Crippen LogP contribution is 2.21. The van der Waals surface area contributed by atoms with Gasteiger partial charge in [-0.3, -0.25) is 4.79 Å². The molecule has 6 heteroatoms. The highest BCUT2D eigenvalue weighted by molar-refractivity contribution is 7.99. The first kappa shape index (κ1) is 11.4. The molecule has 0 spiro atoms. The maximum atomic E-state index is 10.5. The molecule has 0 saturated heterocycles. The van der Waals surface area contributed by atoms with Gasteiger partial charge in [-0.25, -0.2) is 0 Å². The molecule has 0 saturated carbocycles. The summed E-state index contributed by atoms with van der Waals surface area (Å²) in [4.78, 5) is 10.5. The van der Waals surface area contributed by atoms with Crippen LogP contribution in [0, 0.1) is 0 Å². The van der Waals surface area contributed by atoms with Crippen LogP contribution in [0.4, 0.5) is 0 Å². The molecule has 1 atom stereocenters. The lowest BCUT2D eigenvalue weighted by atomic mass is 10.5. The number of rotatable bonds is 5. The molecule has 78 valence electrons. The summed E-state index contributed by atoms with van der Waals surface area (Å²) in [6.07, 6.45) is 0. The van der Waals surface area contributed by atoms with Gasteiger partial charge in [-0.1, -0.05) is 0 Å². The van der Waals surface area contributed by atoms with Crippen LogP contribution in [0.25, 0.3) is 0 Å². The van der Waals surface area contributed by atoms with Gasteiger partial charge in [-0.2, -0.15) is 0 Å². The molecule has 4 nitrogen and oxygen atoms in total. The first-order valence-corrected chi connectivity index (χ1v) is 5.25. The second kappa shape index (κ2) is 5.29. The maximum absolute atomic E-state index is 10.5. The number of aliphatic hydroxyl groups is 1. The molecule has 1 aromatic rings. The lowest BCUT2D eigenvalue weighted by Gasteiger charge is -2.06. The molecule has 0 radical (unpaired) electrons. The molecule has 1 heterocycles. The Morgan fingerprint density at radius 2 is 2.36 bits per heavy atom. The minimum Gasteiger partial charge on any atom is -0.480 e. The summed E-state index contributed by atoms with van der Waals surface area (Å²) >= 11 is 6.62. The fourth-order valence-corrected chi connectivity index (χ4v) is 1.74. The SMILES string of the molecule is O=C(O)C(CO)SCc1ccc(Cl)o1. The molecule has 0 fully saturated rings. The van der Waals surface area contributed by atoms with Gasteiger partial charge in [0.25, 0.3) is 0 Å². The summed E-state index contributed by atoms with van der Waals surface area (Å²) in [7, 11) is 0. The van der Waals surface area contributed by atoms with Gasteiger partial charge in [-0.05, 0) is 23.7 Å². The van der Waals surface area contributed by atoms with Crippen molar-refractivity contribution in [3.05, 3.63) is 23.1 Å². The zero-order valence-electron chi connectivity index (χ0n) is 7.14. The molecular weight excluding hydrogens is 228 g/mol. The molecule has 1 aromatic heterocycles. The number of hydrogen-bond acceptors (Lipinski definition) is 4. The first-order valence-electron chi connectivity index (χ1n) is 3.83. The van der Waals surface area contributed by atoms with E-state index in [1.54, 1.807) is 12.1 Å². The van der Waals surface area contributed by atoms with E-state index in [0.29, 0.717) is 11.5 Å². The Labute approximate surface area is 89.9 Å². The molecular formula is C8H9ClO4S. The molecule has 14 heavy (non-hydrogen) atoms. The monoisotopic (exact) mass is 236 g/mol. The lowest BCUT2D eigenvalue weighted by molar-refractivity contribution is -0.137. The van der Waals surface area contributed by atoms with E-state index in [9.17, 15) is 4.79 Å². The summed E-state index contributed by atoms with van der Waals surface area (Å²) in [5.74, 6) is -0.0561. The van der Waals surface area contributed by atoms with Crippen LogP contribution in [0.3, 0.4) is 0 Å². The van der Waals surface area contributed by atoms with Gasteiger partial charge in [0.1, 0.15) is 11.0 Å². The van der Waals surface area contributed by atoms with Crippen LogP contribution >= 0.6 is 23.4 Å². The van der Waals surface area contributed by atoms with Gasteiger partial charge in [0.05, 0.1) is 12.4 Å². The number of hydrogen-bond donors (Lipinski definition) is 2. The Kier molecular flexibility index (Phi) is 4.31. The smallest absolute Gasteiger partial charge is 0.319 e. The fourth-order valence-electron chi connectivity index (χ4n) is 0.814. The second-order valence-electron chi connectivity index (χ2n) is 2.53. The summed E-state index contributed by atoms with van der Waals surface area (Å²) < 4.78 is 5.03. The number of carboxylic acid groups (broad SMARTS) is 1. The Morgan fingerprint density at radius 3 is 2.79 bits per heavy atom. The first-order chi connectivity index (χ1) is 6.63. The number of carbonyl (C=O) groups is 1. The number of aliphatic hydroxyl groups excluding tert-OH is 1. The van der Waals surface area contributed by atoms with E-state index in [2.05, 4.69) is 0 Å². The van der Waals surface area contributed by atoms with Crippen molar-refractivity contribution in [3.63, 3.8) is 0 Å². The van der Waals surface area contributed by atoms with E-state index < -0.39 is 17.8 Å². The van der Waals surface area contributed by atoms with Crippen LogP contribution in [0.15, 0.2) is 16.5 Å². The third kappa shape index (κ3) is 3.25. The highest BCUT2D eigenvalue weighted by Gasteiger charge is 2.17. The quantitative estimate of drug-likeness (QED) is 0.813. The maximum Gasteiger partial charge on any atom is 0.319 e. The van der Waals surface area contributed by atoms with E-state index in [-0.39, 0.29) is 5.22 Å². The summed E-state index contributed by atoms with van der Waals surface area (Å²) in [6, 6.07) is 3.26. The third-order valence-electron chi connectivity index (χ3n) is 1.50. The van der Waals surface area contributed by atoms with Crippen LogP contribution in [0.2, 0.25) is 5.22 Å². The van der Waals surface area contributed by atoms with E-state index in [1.165, 1.54) is 0 Å². The van der Waals surface area contributed by atoms with Crippen LogP contribution in [0.5, 0.6) is 0 Å². The Bertz CT molecular complexity index is 312. The van der Waals surface area contributed by atoms with Gasteiger partial charge in [-0.15, -0.1) is 11.8 Å². The van der Waals surface area contributed by atoms with Crippen molar-refractivity contribution >= 4 is 29.3 Å². The van der Waals surface area contributed by atoms with Gasteiger partial charge < -0.3 is 14.6 Å². The zero-order chi connectivity index (χ0) is 10.6. The average molecular weight is 237 g/mol. The second-order valence-corrected chi connectivity index (χ2v) is 4.09. The molecule has 1 rings (SSSR count). The predicted octanol–water partition coefficient (Wildman–Crippen LogP) is 1.61. The number of carboxylic acids is 1. The lowest BCUT2D eigenvalue weighted by Crippen LogP contribution is -2.20. The van der Waals surface area contributed by atoms with Crippen LogP contribution < -0.4 is 0 Å². The average Bonchev–Trinajstić information content (AvgIpc) is 2.52. The number of furan rings is 1. The van der Waals surface area contributed by atoms with Crippen molar-refractivity contribution in [2.45, 2.75) is 11.0 Å². The highest BCUT2D eigenvalue weighted by atomic mass is 35.5. The molecule has 0 aliphatic rings. The molecule has 2 N–H and O–H groups in total. The molecule has 0 aliphatic heterocycles. The van der Waals surface area contributed by atoms with E-state index in [1.807, 2.05) is 0 Å². The summed E-state index contributed by atoms with van der Waals surface area (Å²) in [5.41, 5.74) is 0. The van der Waals surface area contributed by atoms with Crippen molar-refractivity contribution in [1.82, 2.24) is 0 Å². The minimum atomic E-state index is -1.03. The van der Waals surface area contributed by atoms with Gasteiger partial charge in [0.2, 0.25) is 0 Å². The standard InChI is InChI=1S/C8H9ClO4S/c9-7-2-1-5(13-7)4-14-6(3-10)8(11)12/h1-2,6,10H,3-4H2,(H,11,12). The Balaban J connectivity index is 2.43. The van der Waals surface area contributed by atoms with Crippen molar-refractivity contribution in [2.24, 2.45) is 0 Å². The van der Waals surface area contributed by atoms with E-state index in [4.69, 9.17) is 26.2 Å². The normalized spacial score (nSPS) is 12.7. The van der Waals surface area contributed by atoms with Crippen LogP contribution in [-0.4, -0.2) is 28.0 Å². The molecule has 0 amide bonds. The molecule has 1 unspecified atom stereocenters. The molecule has 0 aromatic carbocycles. The van der Waals surface area contributed by atoms with Crippen molar-refractivity contribution in [1.29, 1.82) is 0 Å². The molecule has 0 bridgehead atoms. The Morgan fingerprint density at radius 1 is 1.64 bits per heavy atom. The van der Waals surface area contributed by atoms with Crippen LogP contribution in [0.1, 0.15) is 5.76 Å². The fraction of sp³-hybridized carbons (Fsp3) is 0.375. The molecule has 0 aliphatic carbocycles. The summed E-state index contributed by atoms with van der Waals surface area (Å²) in [5, 5.41) is 16.8. The van der Waals surface area contributed by atoms with E-state index >= 15 is 0 Å². The number of aliphatic carboxylic acids is 1. The van der Waals surface area contributed by atoms with Crippen molar-refractivity contribution in [3.8, 4) is 0 Å². The van der Waals surface area contributed by atoms with Gasteiger partial charge in [0.15, 0.2) is 5.22 Å². The summed E-state index contributed by atoms with van der Waals surface area (Å²) in [6.45, 7) is -0.394. The van der Waals surface area contributed by atoms with Gasteiger partial charge in [0, 0.05) is 0 Å². The largest absolute Gasteiger partial charge is 0.480 e. The zero-order valence-corrected chi connectivity index (χ0v) is 8.72. The van der Waals surface area contributed by atoms with E-state index in [0.717, 1.165) is 11.8 Å². The third-order valence-corrected chi connectivity index (χ3v) is 2.90. The van der Waals surface area contributed by atoms with Gasteiger partial charge >= 0.3 is 5.97 Å². The Hall–Kier alpha value is -0.650.